The maximum atomic E-state index is 12.9. The fraction of sp³-hybridized carbons (Fsp3) is 0.897. The summed E-state index contributed by atoms with van der Waals surface area (Å²) in [5.41, 5.74) is 0. The van der Waals surface area contributed by atoms with Crippen LogP contribution in [0, 0.1) is 11.8 Å². The highest BCUT2D eigenvalue weighted by atomic mass is 16.6. The van der Waals surface area contributed by atoms with Crippen molar-refractivity contribution in [1.29, 1.82) is 0 Å². The molecule has 204 valence electrons. The fourth-order valence-electron chi connectivity index (χ4n) is 4.90. The highest BCUT2D eigenvalue weighted by molar-refractivity contribution is 5.79. The molecule has 1 heterocycles. The number of hydrogen-bond acceptors (Lipinski definition) is 5. The Labute approximate surface area is 214 Å². The molecule has 0 spiro atoms. The van der Waals surface area contributed by atoms with Crippen LogP contribution in [0.2, 0.25) is 0 Å². The van der Waals surface area contributed by atoms with Gasteiger partial charge in [0.05, 0.1) is 5.92 Å². The second-order valence-electron chi connectivity index (χ2n) is 10.8. The van der Waals surface area contributed by atoms with Crippen molar-refractivity contribution in [3.8, 4) is 0 Å². The van der Waals surface area contributed by atoms with Gasteiger partial charge in [-0.2, -0.15) is 0 Å². The first-order chi connectivity index (χ1) is 16.9. The van der Waals surface area contributed by atoms with Gasteiger partial charge in [-0.25, -0.2) is 4.79 Å². The molecular formula is C29H53NO5. The van der Waals surface area contributed by atoms with Crippen LogP contribution in [0.15, 0.2) is 0 Å². The molecule has 0 aromatic heterocycles. The Morgan fingerprint density at radius 1 is 0.943 bits per heavy atom. The third kappa shape index (κ3) is 13.9. The lowest BCUT2D eigenvalue weighted by Gasteiger charge is -2.37. The molecule has 1 aliphatic rings. The van der Waals surface area contributed by atoms with Crippen molar-refractivity contribution in [2.75, 3.05) is 0 Å². The lowest BCUT2D eigenvalue weighted by Crippen LogP contribution is -2.48. The Morgan fingerprint density at radius 2 is 1.51 bits per heavy atom. The largest absolute Gasteiger partial charge is 0.461 e. The Morgan fingerprint density at radius 3 is 2.06 bits per heavy atom. The van der Waals surface area contributed by atoms with Crippen molar-refractivity contribution in [2.45, 2.75) is 155 Å². The van der Waals surface area contributed by atoms with Gasteiger partial charge in [0.15, 0.2) is 0 Å². The molecule has 0 aliphatic carbocycles. The van der Waals surface area contributed by atoms with Gasteiger partial charge in [-0.1, -0.05) is 105 Å². The first-order valence-electron chi connectivity index (χ1n) is 14.5. The molecule has 0 radical (unpaired) electrons. The first-order valence-corrected chi connectivity index (χ1v) is 14.5. The average molecular weight is 496 g/mol. The predicted octanol–water partition coefficient (Wildman–Crippen LogP) is 6.88. The molecular weight excluding hydrogens is 442 g/mol. The molecule has 0 aromatic rings. The molecule has 6 heteroatoms. The summed E-state index contributed by atoms with van der Waals surface area (Å²) in [4.78, 5) is 36.0. The van der Waals surface area contributed by atoms with Crippen molar-refractivity contribution >= 4 is 18.3 Å². The second-order valence-corrected chi connectivity index (χ2v) is 10.8. The van der Waals surface area contributed by atoms with Crippen LogP contribution in [0.3, 0.4) is 0 Å². The Bertz CT molecular complexity index is 579. The first kappa shape index (κ1) is 31.4. The SMILES string of the molecule is CCCCCCCCCCC[C@H](C[C@@H]1OC(=O)[C@@H]1CCCCCC)OC(=O)[C@@H](CC(C)C)NC=O. The quantitative estimate of drug-likeness (QED) is 0.0949. The van der Waals surface area contributed by atoms with E-state index >= 15 is 0 Å². The molecule has 6 nitrogen and oxygen atoms in total. The van der Waals surface area contributed by atoms with Crippen molar-refractivity contribution in [1.82, 2.24) is 5.32 Å². The third-order valence-electron chi connectivity index (χ3n) is 7.06. The summed E-state index contributed by atoms with van der Waals surface area (Å²) in [5.74, 6) is -0.302. The summed E-state index contributed by atoms with van der Waals surface area (Å²) < 4.78 is 11.4. The zero-order valence-corrected chi connectivity index (χ0v) is 23.0. The summed E-state index contributed by atoms with van der Waals surface area (Å²) in [6, 6.07) is -0.632. The number of esters is 2. The van der Waals surface area contributed by atoms with Crippen LogP contribution in [0.4, 0.5) is 0 Å². The van der Waals surface area contributed by atoms with Crippen molar-refractivity contribution < 1.29 is 23.9 Å². The highest BCUT2D eigenvalue weighted by Gasteiger charge is 2.43. The predicted molar refractivity (Wildman–Crippen MR) is 141 cm³/mol. The van der Waals surface area contributed by atoms with E-state index in [1.54, 1.807) is 0 Å². The van der Waals surface area contributed by atoms with E-state index in [4.69, 9.17) is 9.47 Å². The van der Waals surface area contributed by atoms with Crippen molar-refractivity contribution in [3.05, 3.63) is 0 Å². The van der Waals surface area contributed by atoms with E-state index in [9.17, 15) is 14.4 Å². The number of carbonyl (C=O) groups is 3. The minimum Gasteiger partial charge on any atom is -0.461 e. The second kappa shape index (κ2) is 19.6. The zero-order valence-electron chi connectivity index (χ0n) is 23.0. The van der Waals surface area contributed by atoms with Crippen LogP contribution in [0.5, 0.6) is 0 Å². The molecule has 0 bridgehead atoms. The van der Waals surface area contributed by atoms with Crippen LogP contribution in [0.25, 0.3) is 0 Å². The number of carbonyl (C=O) groups excluding carboxylic acids is 3. The average Bonchev–Trinajstić information content (AvgIpc) is 2.81. The van der Waals surface area contributed by atoms with Gasteiger partial charge in [0.1, 0.15) is 18.2 Å². The molecule has 4 atom stereocenters. The lowest BCUT2D eigenvalue weighted by molar-refractivity contribution is -0.190. The topological polar surface area (TPSA) is 81.7 Å². The number of hydrogen-bond donors (Lipinski definition) is 1. The van der Waals surface area contributed by atoms with E-state index in [1.165, 1.54) is 57.8 Å². The monoisotopic (exact) mass is 495 g/mol. The maximum absolute atomic E-state index is 12.9. The third-order valence-corrected chi connectivity index (χ3v) is 7.06. The van der Waals surface area contributed by atoms with Crippen LogP contribution < -0.4 is 5.32 Å². The van der Waals surface area contributed by atoms with Gasteiger partial charge in [0, 0.05) is 6.42 Å². The Kier molecular flexibility index (Phi) is 17.6. The van der Waals surface area contributed by atoms with Crippen molar-refractivity contribution in [3.63, 3.8) is 0 Å². The molecule has 1 N–H and O–H groups in total. The highest BCUT2D eigenvalue weighted by Crippen LogP contribution is 2.32. The van der Waals surface area contributed by atoms with Gasteiger partial charge in [0.2, 0.25) is 6.41 Å². The zero-order chi connectivity index (χ0) is 25.9. The Hall–Kier alpha value is -1.59. The minimum absolute atomic E-state index is 0.0734. The molecule has 0 aromatic carbocycles. The number of cyclic esters (lactones) is 1. The van der Waals surface area contributed by atoms with E-state index < -0.39 is 6.04 Å². The van der Waals surface area contributed by atoms with Gasteiger partial charge in [-0.15, -0.1) is 0 Å². The van der Waals surface area contributed by atoms with Crippen LogP contribution in [0.1, 0.15) is 137 Å². The van der Waals surface area contributed by atoms with Gasteiger partial charge >= 0.3 is 11.9 Å². The fourth-order valence-corrected chi connectivity index (χ4v) is 4.90. The molecule has 1 aliphatic heterocycles. The van der Waals surface area contributed by atoms with Crippen LogP contribution in [-0.2, 0) is 23.9 Å². The molecule has 1 fully saturated rings. The smallest absolute Gasteiger partial charge is 0.328 e. The molecule has 1 rings (SSSR count). The molecule has 0 saturated carbocycles. The molecule has 1 saturated heterocycles. The summed E-state index contributed by atoms with van der Waals surface area (Å²) in [5, 5.41) is 2.62. The Balaban J connectivity index is 2.58. The van der Waals surface area contributed by atoms with E-state index in [1.807, 2.05) is 13.8 Å². The van der Waals surface area contributed by atoms with Gasteiger partial charge in [0.25, 0.3) is 0 Å². The number of ether oxygens (including phenoxy) is 2. The van der Waals surface area contributed by atoms with Crippen LogP contribution in [-0.4, -0.2) is 36.6 Å². The van der Waals surface area contributed by atoms with Gasteiger partial charge < -0.3 is 14.8 Å². The molecule has 35 heavy (non-hydrogen) atoms. The van der Waals surface area contributed by atoms with E-state index in [0.29, 0.717) is 19.3 Å². The van der Waals surface area contributed by atoms with Gasteiger partial charge in [-0.05, 0) is 31.6 Å². The standard InChI is InChI=1S/C29H53NO5/c1-5-7-9-11-12-13-14-15-16-18-24(34-29(33)26(30-22-31)20-23(3)4)21-27-25(28(32)35-27)19-17-10-8-6-2/h22-27H,5-21H2,1-4H3,(H,30,31)/t24-,25-,26-,27+/m1/s1. The normalized spacial score (nSPS) is 19.1. The summed E-state index contributed by atoms with van der Waals surface area (Å²) in [6.45, 7) is 8.45. The minimum atomic E-state index is -0.632. The van der Waals surface area contributed by atoms with E-state index in [2.05, 4.69) is 19.2 Å². The number of unbranched alkanes of at least 4 members (excludes halogenated alkanes) is 11. The maximum Gasteiger partial charge on any atom is 0.328 e. The molecule has 0 unspecified atom stereocenters. The summed E-state index contributed by atoms with van der Waals surface area (Å²) in [7, 11) is 0. The lowest BCUT2D eigenvalue weighted by atomic mass is 9.86. The van der Waals surface area contributed by atoms with Crippen molar-refractivity contribution in [2.24, 2.45) is 11.8 Å². The number of nitrogens with one attached hydrogen (secondary N) is 1. The van der Waals surface area contributed by atoms with E-state index in [-0.39, 0.29) is 36.0 Å². The number of amides is 1. The summed E-state index contributed by atoms with van der Waals surface area (Å²) in [6.07, 6.45) is 18.5. The number of rotatable bonds is 23. The molecule has 1 amide bonds. The van der Waals surface area contributed by atoms with E-state index in [0.717, 1.165) is 38.5 Å². The summed E-state index contributed by atoms with van der Waals surface area (Å²) >= 11 is 0. The van der Waals surface area contributed by atoms with Gasteiger partial charge in [-0.3, -0.25) is 9.59 Å². The van der Waals surface area contributed by atoms with Crippen LogP contribution >= 0.6 is 0 Å².